The van der Waals surface area contributed by atoms with E-state index in [4.69, 9.17) is 0 Å². The molecule has 2 amide bonds. The number of carbonyl (C=O) groups is 1. The highest BCUT2D eigenvalue weighted by Crippen LogP contribution is 2.47. The fraction of sp³-hybridized carbons (Fsp3) is 0.381. The Kier molecular flexibility index (Phi) is 4.60. The molecule has 2 aromatic carbocycles. The predicted molar refractivity (Wildman–Crippen MR) is 102 cm³/mol. The third kappa shape index (κ3) is 3.18. The highest BCUT2D eigenvalue weighted by atomic mass is 19.1. The topological polar surface area (TPSA) is 35.6 Å². The summed E-state index contributed by atoms with van der Waals surface area (Å²) in [7, 11) is 0. The molecule has 0 atom stereocenters. The summed E-state index contributed by atoms with van der Waals surface area (Å²) in [5, 5.41) is 2.66. The Balaban J connectivity index is 1.64. The average molecular weight is 371 g/mol. The van der Waals surface area contributed by atoms with E-state index in [1.807, 2.05) is 0 Å². The lowest BCUT2D eigenvalue weighted by molar-refractivity contribution is 0.173. The van der Waals surface area contributed by atoms with Gasteiger partial charge in [-0.1, -0.05) is 19.1 Å². The van der Waals surface area contributed by atoms with Crippen molar-refractivity contribution in [3.05, 3.63) is 59.7 Å². The van der Waals surface area contributed by atoms with Gasteiger partial charge in [-0.15, -0.1) is 0 Å². The third-order valence-corrected chi connectivity index (χ3v) is 5.90. The fourth-order valence-corrected chi connectivity index (χ4v) is 4.29. The van der Waals surface area contributed by atoms with Crippen LogP contribution in [0.5, 0.6) is 0 Å². The Morgan fingerprint density at radius 2 is 1.89 bits per heavy atom. The molecule has 0 radical (unpaired) electrons. The number of rotatable bonds is 2. The maximum absolute atomic E-state index is 14.0. The van der Waals surface area contributed by atoms with Gasteiger partial charge in [0.2, 0.25) is 0 Å². The standard InChI is InChI=1S/C21H23F2N3O/c1-2-25-11-9-21(10-12-25)14-26(19-8-7-15(22)13-16(19)21)20(27)24-18-6-4-3-5-17(18)23/h3-8,13H,2,9-12,14H2,1H3,(H,24,27). The van der Waals surface area contributed by atoms with Gasteiger partial charge >= 0.3 is 6.03 Å². The summed E-state index contributed by atoms with van der Waals surface area (Å²) < 4.78 is 27.9. The van der Waals surface area contributed by atoms with Crippen molar-refractivity contribution in [2.45, 2.75) is 25.2 Å². The molecule has 0 aliphatic carbocycles. The molecule has 0 unspecified atom stereocenters. The van der Waals surface area contributed by atoms with Gasteiger partial charge < -0.3 is 10.2 Å². The molecule has 2 aliphatic rings. The van der Waals surface area contributed by atoms with Crippen LogP contribution in [0.3, 0.4) is 0 Å². The first-order valence-electron chi connectivity index (χ1n) is 9.38. The molecule has 1 fully saturated rings. The number of hydrogen-bond acceptors (Lipinski definition) is 2. The molecule has 1 spiro atoms. The van der Waals surface area contributed by atoms with Gasteiger partial charge in [0.05, 0.1) is 5.69 Å². The summed E-state index contributed by atoms with van der Waals surface area (Å²) in [6, 6.07) is 10.3. The SMILES string of the molecule is CCN1CCC2(CC1)CN(C(=O)Nc1ccccc1F)c1ccc(F)cc12. The number of likely N-dealkylation sites (tertiary alicyclic amines) is 1. The van der Waals surface area contributed by atoms with E-state index in [2.05, 4.69) is 17.1 Å². The molecule has 1 saturated heterocycles. The summed E-state index contributed by atoms with van der Waals surface area (Å²) >= 11 is 0. The average Bonchev–Trinajstić information content (AvgIpc) is 2.98. The van der Waals surface area contributed by atoms with Crippen molar-refractivity contribution in [2.75, 3.05) is 36.4 Å². The summed E-state index contributed by atoms with van der Waals surface area (Å²) in [6.45, 7) is 5.46. The van der Waals surface area contributed by atoms with E-state index in [0.29, 0.717) is 6.54 Å². The van der Waals surface area contributed by atoms with Crippen LogP contribution in [0.4, 0.5) is 25.0 Å². The summed E-state index contributed by atoms with van der Waals surface area (Å²) in [5.41, 5.74) is 1.51. The Labute approximate surface area is 157 Å². The number of hydrogen-bond donors (Lipinski definition) is 1. The molecule has 4 nitrogen and oxygen atoms in total. The Morgan fingerprint density at radius 1 is 1.15 bits per heavy atom. The molecule has 2 aromatic rings. The smallest absolute Gasteiger partial charge is 0.305 e. The van der Waals surface area contributed by atoms with Gasteiger partial charge in [0.25, 0.3) is 0 Å². The van der Waals surface area contributed by atoms with Gasteiger partial charge in [-0.3, -0.25) is 4.90 Å². The van der Waals surface area contributed by atoms with E-state index in [9.17, 15) is 13.6 Å². The predicted octanol–water partition coefficient (Wildman–Crippen LogP) is 4.37. The molecule has 0 aromatic heterocycles. The number of amides is 2. The molecule has 1 N–H and O–H groups in total. The first-order chi connectivity index (χ1) is 13.0. The largest absolute Gasteiger partial charge is 0.326 e. The van der Waals surface area contributed by atoms with Crippen molar-refractivity contribution in [2.24, 2.45) is 0 Å². The van der Waals surface area contributed by atoms with Crippen LogP contribution in [0.1, 0.15) is 25.3 Å². The number of piperidine rings is 1. The number of benzene rings is 2. The molecular weight excluding hydrogens is 348 g/mol. The molecule has 2 heterocycles. The van der Waals surface area contributed by atoms with E-state index in [0.717, 1.165) is 43.7 Å². The van der Waals surface area contributed by atoms with E-state index < -0.39 is 5.82 Å². The minimum absolute atomic E-state index is 0.146. The fourth-order valence-electron chi connectivity index (χ4n) is 4.29. The number of para-hydroxylation sites is 1. The van der Waals surface area contributed by atoms with E-state index in [-0.39, 0.29) is 23.0 Å². The van der Waals surface area contributed by atoms with E-state index in [1.54, 1.807) is 29.2 Å². The maximum atomic E-state index is 14.0. The van der Waals surface area contributed by atoms with Gasteiger partial charge in [-0.05, 0) is 68.4 Å². The maximum Gasteiger partial charge on any atom is 0.326 e. The normalized spacial score (nSPS) is 18.6. The zero-order valence-electron chi connectivity index (χ0n) is 15.3. The molecule has 27 heavy (non-hydrogen) atoms. The number of carbonyl (C=O) groups excluding carboxylic acids is 1. The van der Waals surface area contributed by atoms with Crippen LogP contribution in [0.15, 0.2) is 42.5 Å². The first kappa shape index (κ1) is 17.9. The Hall–Kier alpha value is -2.47. The van der Waals surface area contributed by atoms with Crippen LogP contribution in [-0.2, 0) is 5.41 Å². The van der Waals surface area contributed by atoms with Crippen LogP contribution in [0.25, 0.3) is 0 Å². The lowest BCUT2D eigenvalue weighted by Gasteiger charge is -2.39. The number of nitrogens with zero attached hydrogens (tertiary/aromatic N) is 2. The van der Waals surface area contributed by atoms with Crippen molar-refractivity contribution in [3.63, 3.8) is 0 Å². The second kappa shape index (κ2) is 6.93. The van der Waals surface area contributed by atoms with Gasteiger partial charge in [0, 0.05) is 17.6 Å². The lowest BCUT2D eigenvalue weighted by atomic mass is 9.74. The Morgan fingerprint density at radius 3 is 2.59 bits per heavy atom. The monoisotopic (exact) mass is 371 g/mol. The number of fused-ring (bicyclic) bond motifs is 2. The first-order valence-corrected chi connectivity index (χ1v) is 9.38. The number of anilines is 2. The lowest BCUT2D eigenvalue weighted by Crippen LogP contribution is -2.46. The Bertz CT molecular complexity index is 862. The highest BCUT2D eigenvalue weighted by Gasteiger charge is 2.46. The second-order valence-corrected chi connectivity index (χ2v) is 7.37. The van der Waals surface area contributed by atoms with Crippen LogP contribution >= 0.6 is 0 Å². The van der Waals surface area contributed by atoms with Crippen LogP contribution in [0, 0.1) is 11.6 Å². The summed E-state index contributed by atoms with van der Waals surface area (Å²) in [5.74, 6) is -0.766. The van der Waals surface area contributed by atoms with Crippen molar-refractivity contribution in [1.82, 2.24) is 4.90 Å². The number of nitrogens with one attached hydrogen (secondary N) is 1. The van der Waals surface area contributed by atoms with Crippen LogP contribution < -0.4 is 10.2 Å². The molecular formula is C21H23F2N3O. The second-order valence-electron chi connectivity index (χ2n) is 7.37. The van der Waals surface area contributed by atoms with Gasteiger partial charge in [0.15, 0.2) is 0 Å². The molecule has 6 heteroatoms. The van der Waals surface area contributed by atoms with E-state index in [1.165, 1.54) is 18.2 Å². The van der Waals surface area contributed by atoms with Crippen LogP contribution in [0.2, 0.25) is 0 Å². The third-order valence-electron chi connectivity index (χ3n) is 5.90. The molecule has 2 aliphatic heterocycles. The van der Waals surface area contributed by atoms with Gasteiger partial charge in [-0.25, -0.2) is 13.6 Å². The minimum atomic E-state index is -0.477. The molecule has 0 bridgehead atoms. The van der Waals surface area contributed by atoms with E-state index >= 15 is 0 Å². The van der Waals surface area contributed by atoms with Crippen molar-refractivity contribution >= 4 is 17.4 Å². The van der Waals surface area contributed by atoms with Crippen LogP contribution in [-0.4, -0.2) is 37.1 Å². The summed E-state index contributed by atoms with van der Waals surface area (Å²) in [6.07, 6.45) is 1.75. The zero-order chi connectivity index (χ0) is 19.0. The highest BCUT2D eigenvalue weighted by molar-refractivity contribution is 6.03. The molecule has 4 rings (SSSR count). The van der Waals surface area contributed by atoms with Gasteiger partial charge in [-0.2, -0.15) is 0 Å². The quantitative estimate of drug-likeness (QED) is 0.851. The molecule has 142 valence electrons. The zero-order valence-corrected chi connectivity index (χ0v) is 15.3. The molecule has 0 saturated carbocycles. The summed E-state index contributed by atoms with van der Waals surface area (Å²) in [4.78, 5) is 16.9. The number of halogens is 2. The van der Waals surface area contributed by atoms with Gasteiger partial charge in [0.1, 0.15) is 11.6 Å². The van der Waals surface area contributed by atoms with Crippen molar-refractivity contribution in [3.8, 4) is 0 Å². The number of urea groups is 1. The van der Waals surface area contributed by atoms with Crippen molar-refractivity contribution in [1.29, 1.82) is 0 Å². The van der Waals surface area contributed by atoms with Crippen molar-refractivity contribution < 1.29 is 13.6 Å². The minimum Gasteiger partial charge on any atom is -0.305 e.